The van der Waals surface area contributed by atoms with Gasteiger partial charge in [-0.25, -0.2) is 14.8 Å². The minimum Gasteiger partial charge on any atom is -0.396 e. The second-order valence-corrected chi connectivity index (χ2v) is 6.38. The van der Waals surface area contributed by atoms with Crippen LogP contribution in [0.1, 0.15) is 17.2 Å². The van der Waals surface area contributed by atoms with Crippen molar-refractivity contribution in [3.8, 4) is 11.3 Å². The number of urea groups is 1. The van der Waals surface area contributed by atoms with Crippen molar-refractivity contribution < 1.29 is 9.18 Å². The first-order chi connectivity index (χ1) is 12.9. The summed E-state index contributed by atoms with van der Waals surface area (Å²) < 4.78 is 15.0. The maximum absolute atomic E-state index is 13.0. The number of aryl methyl sites for hydroxylation is 1. The van der Waals surface area contributed by atoms with Crippen LogP contribution in [0.25, 0.3) is 11.3 Å². The Kier molecular flexibility index (Phi) is 3.92. The molecule has 1 aliphatic heterocycles. The molecule has 3 aromatic rings. The lowest BCUT2D eigenvalue weighted by molar-refractivity contribution is 0.211. The molecule has 136 valence electrons. The zero-order valence-corrected chi connectivity index (χ0v) is 14.9. The Morgan fingerprint density at radius 2 is 2.04 bits per heavy atom. The molecule has 27 heavy (non-hydrogen) atoms. The van der Waals surface area contributed by atoms with Crippen LogP contribution >= 0.6 is 0 Å². The van der Waals surface area contributed by atoms with E-state index >= 15 is 0 Å². The van der Waals surface area contributed by atoms with Crippen molar-refractivity contribution in [2.24, 2.45) is 7.05 Å². The predicted octanol–water partition coefficient (Wildman–Crippen LogP) is 2.66. The molecule has 0 saturated heterocycles. The lowest BCUT2D eigenvalue weighted by atomic mass is 10.1. The SMILES string of the molecule is Cc1nc2c(n1C)CN(C(=O)Nc1nc(-c3c#cc(F)cc3)ccc1N)C2. The highest BCUT2D eigenvalue weighted by molar-refractivity contribution is 5.92. The van der Waals surface area contributed by atoms with Crippen molar-refractivity contribution in [1.82, 2.24) is 19.4 Å². The van der Waals surface area contributed by atoms with Crippen LogP contribution in [0.2, 0.25) is 0 Å². The molecule has 3 heterocycles. The molecule has 1 aliphatic rings. The summed E-state index contributed by atoms with van der Waals surface area (Å²) in [4.78, 5) is 23.1. The fraction of sp³-hybridized carbons (Fsp3) is 0.211. The summed E-state index contributed by atoms with van der Waals surface area (Å²) in [5.41, 5.74) is 9.28. The third-order valence-corrected chi connectivity index (χ3v) is 4.63. The molecular weight excluding hydrogens is 347 g/mol. The van der Waals surface area contributed by atoms with Gasteiger partial charge >= 0.3 is 6.03 Å². The molecule has 0 bridgehead atoms. The lowest BCUT2D eigenvalue weighted by Gasteiger charge is -2.17. The van der Waals surface area contributed by atoms with Crippen LogP contribution in [0, 0.1) is 24.9 Å². The highest BCUT2D eigenvalue weighted by atomic mass is 19.1. The minimum absolute atomic E-state index is 0.246. The molecule has 0 aliphatic carbocycles. The van der Waals surface area contributed by atoms with Gasteiger partial charge in [0.05, 0.1) is 41.4 Å². The number of amides is 2. The van der Waals surface area contributed by atoms with E-state index in [-0.39, 0.29) is 11.8 Å². The van der Waals surface area contributed by atoms with E-state index in [1.165, 1.54) is 6.07 Å². The lowest BCUT2D eigenvalue weighted by Crippen LogP contribution is -2.31. The molecule has 0 fully saturated rings. The number of carbonyl (C=O) groups is 1. The first-order valence-corrected chi connectivity index (χ1v) is 8.36. The van der Waals surface area contributed by atoms with Gasteiger partial charge in [0.1, 0.15) is 5.82 Å². The molecule has 8 heteroatoms. The third kappa shape index (κ3) is 3.04. The van der Waals surface area contributed by atoms with Gasteiger partial charge in [0, 0.05) is 7.05 Å². The van der Waals surface area contributed by atoms with Gasteiger partial charge in [-0.2, -0.15) is 4.39 Å². The van der Waals surface area contributed by atoms with Crippen molar-refractivity contribution >= 4 is 17.5 Å². The zero-order valence-electron chi connectivity index (χ0n) is 14.9. The number of aromatic nitrogens is 3. The van der Waals surface area contributed by atoms with Crippen LogP contribution in [0.3, 0.4) is 0 Å². The Hall–Kier alpha value is -3.60. The molecule has 7 nitrogen and oxygen atoms in total. The molecule has 3 N–H and O–H groups in total. The van der Waals surface area contributed by atoms with E-state index in [2.05, 4.69) is 27.4 Å². The van der Waals surface area contributed by atoms with Crippen LogP contribution in [0.15, 0.2) is 24.3 Å². The summed E-state index contributed by atoms with van der Waals surface area (Å²) in [6.45, 7) is 2.84. The van der Waals surface area contributed by atoms with Crippen molar-refractivity contribution in [3.63, 3.8) is 0 Å². The number of hydrogen-bond donors (Lipinski definition) is 2. The van der Waals surface area contributed by atoms with E-state index in [4.69, 9.17) is 5.73 Å². The quantitative estimate of drug-likeness (QED) is 0.732. The van der Waals surface area contributed by atoms with Crippen molar-refractivity contribution in [2.75, 3.05) is 11.1 Å². The van der Waals surface area contributed by atoms with Gasteiger partial charge in [-0.3, -0.25) is 5.32 Å². The highest BCUT2D eigenvalue weighted by Crippen LogP contribution is 2.26. The molecule has 2 amide bonds. The number of pyridine rings is 1. The number of carbonyl (C=O) groups excluding carboxylic acids is 1. The van der Waals surface area contributed by atoms with Gasteiger partial charge in [-0.1, -0.05) is 6.07 Å². The zero-order chi connectivity index (χ0) is 19.1. The molecule has 4 rings (SSSR count). The van der Waals surface area contributed by atoms with E-state index in [1.807, 2.05) is 18.5 Å². The first-order valence-electron chi connectivity index (χ1n) is 8.36. The number of nitrogens with two attached hydrogens (primary N) is 1. The average Bonchev–Trinajstić information content (AvgIpc) is 3.17. The fourth-order valence-corrected chi connectivity index (χ4v) is 3.03. The smallest absolute Gasteiger partial charge is 0.323 e. The monoisotopic (exact) mass is 364 g/mol. The normalized spacial score (nSPS) is 12.6. The average molecular weight is 364 g/mol. The third-order valence-electron chi connectivity index (χ3n) is 4.63. The van der Waals surface area contributed by atoms with E-state index in [9.17, 15) is 9.18 Å². The Balaban J connectivity index is 1.53. The summed E-state index contributed by atoms with van der Waals surface area (Å²) in [6, 6.07) is 10.9. The largest absolute Gasteiger partial charge is 0.396 e. The highest BCUT2D eigenvalue weighted by Gasteiger charge is 2.28. The van der Waals surface area contributed by atoms with Gasteiger partial charge in [0.25, 0.3) is 0 Å². The Labute approximate surface area is 155 Å². The Morgan fingerprint density at radius 3 is 2.74 bits per heavy atom. The molecule has 2 aromatic heterocycles. The topological polar surface area (TPSA) is 89.1 Å². The van der Waals surface area contributed by atoms with E-state index in [1.54, 1.807) is 23.1 Å². The number of rotatable bonds is 2. The van der Waals surface area contributed by atoms with Gasteiger partial charge in [0.15, 0.2) is 11.6 Å². The van der Waals surface area contributed by atoms with Crippen molar-refractivity contribution in [1.29, 1.82) is 0 Å². The van der Waals surface area contributed by atoms with Crippen LogP contribution in [-0.4, -0.2) is 25.5 Å². The number of nitrogens with one attached hydrogen (secondary N) is 1. The molecule has 0 saturated carbocycles. The number of nitrogen functional groups attached to an aromatic ring is 1. The number of fused-ring (bicyclic) bond motifs is 1. The van der Waals surface area contributed by atoms with Gasteiger partial charge in [-0.05, 0) is 37.3 Å². The predicted molar refractivity (Wildman–Crippen MR) is 97.9 cm³/mol. The Morgan fingerprint density at radius 1 is 1.22 bits per heavy atom. The molecule has 1 aromatic carbocycles. The molecule has 0 spiro atoms. The van der Waals surface area contributed by atoms with E-state index in [0.29, 0.717) is 30.0 Å². The summed E-state index contributed by atoms with van der Waals surface area (Å²) in [7, 11) is 1.93. The molecule has 0 radical (unpaired) electrons. The number of hydrogen-bond acceptors (Lipinski definition) is 4. The number of anilines is 2. The van der Waals surface area contributed by atoms with Gasteiger partial charge < -0.3 is 15.2 Å². The maximum atomic E-state index is 13.0. The van der Waals surface area contributed by atoms with Gasteiger partial charge in [0.2, 0.25) is 0 Å². The van der Waals surface area contributed by atoms with Crippen molar-refractivity contribution in [3.05, 3.63) is 59.4 Å². The van der Waals surface area contributed by atoms with Crippen molar-refractivity contribution in [2.45, 2.75) is 20.0 Å². The molecule has 0 atom stereocenters. The van der Waals surface area contributed by atoms with Gasteiger partial charge in [-0.15, -0.1) is 0 Å². The minimum atomic E-state index is -0.500. The summed E-state index contributed by atoms with van der Waals surface area (Å²) in [6.07, 6.45) is 0. The van der Waals surface area contributed by atoms with Crippen LogP contribution < -0.4 is 11.1 Å². The summed E-state index contributed by atoms with van der Waals surface area (Å²) >= 11 is 0. The maximum Gasteiger partial charge on any atom is 0.323 e. The Bertz CT molecular complexity index is 1030. The molecular formula is C19H17FN6O. The number of imidazole rings is 1. The van der Waals surface area contributed by atoms with E-state index in [0.717, 1.165) is 17.2 Å². The van der Waals surface area contributed by atoms with Crippen LogP contribution in [0.4, 0.5) is 20.7 Å². The van der Waals surface area contributed by atoms with Crippen LogP contribution in [-0.2, 0) is 20.1 Å². The second kappa shape index (κ2) is 6.29. The molecule has 0 unspecified atom stereocenters. The van der Waals surface area contributed by atoms with E-state index < -0.39 is 5.82 Å². The first kappa shape index (κ1) is 16.8. The summed E-state index contributed by atoms with van der Waals surface area (Å²) in [5, 5.41) is 2.75. The number of halogens is 1. The fourth-order valence-electron chi connectivity index (χ4n) is 3.03. The standard InChI is InChI=1S/C19H17FN6O/c1-11-22-16-9-26(10-17(16)25(11)2)19(27)24-18-14(21)7-8-15(23-18)12-3-5-13(20)6-4-12/h3,5,7-8H,9-10,21H2,1-2H3,(H,23,24,27). The second-order valence-electron chi connectivity index (χ2n) is 6.38. The number of nitrogens with zero attached hydrogens (tertiary/aromatic N) is 4. The van der Waals surface area contributed by atoms with Crippen LogP contribution in [0.5, 0.6) is 0 Å². The summed E-state index contributed by atoms with van der Waals surface area (Å²) in [5.74, 6) is 0.668.